The van der Waals surface area contributed by atoms with Crippen molar-refractivity contribution >= 4 is 27.1 Å². The van der Waals surface area contributed by atoms with Gasteiger partial charge in [-0.1, -0.05) is 18.2 Å². The molecule has 0 spiro atoms. The van der Waals surface area contributed by atoms with Crippen LogP contribution in [0.2, 0.25) is 0 Å². The Morgan fingerprint density at radius 1 is 1.15 bits per heavy atom. The first-order valence-corrected chi connectivity index (χ1v) is 7.13. The molecule has 20 heavy (non-hydrogen) atoms. The minimum atomic E-state index is 0.574. The van der Waals surface area contributed by atoms with E-state index < -0.39 is 0 Å². The van der Waals surface area contributed by atoms with Crippen LogP contribution in [-0.2, 0) is 6.42 Å². The Morgan fingerprint density at radius 3 is 2.75 bits per heavy atom. The van der Waals surface area contributed by atoms with Crippen LogP contribution in [0.5, 0.6) is 5.75 Å². The standard InChI is InChI=1S/C15H14BrN3O/c16-15-13-7-6-11(17)10-19(13)14(18-15)8-9-20-12-4-2-1-3-5-12/h1-7,10H,8-9,17H2. The fourth-order valence-corrected chi connectivity index (χ4v) is 2.60. The number of nitrogen functional groups attached to an aromatic ring is 1. The van der Waals surface area contributed by atoms with E-state index in [1.807, 2.05) is 53.1 Å². The van der Waals surface area contributed by atoms with Gasteiger partial charge in [-0.15, -0.1) is 0 Å². The van der Waals surface area contributed by atoms with Crippen LogP contribution in [0.1, 0.15) is 5.82 Å². The van der Waals surface area contributed by atoms with E-state index in [4.69, 9.17) is 10.5 Å². The predicted molar refractivity (Wildman–Crippen MR) is 82.9 cm³/mol. The highest BCUT2D eigenvalue weighted by Crippen LogP contribution is 2.21. The van der Waals surface area contributed by atoms with Crippen molar-refractivity contribution in [2.45, 2.75) is 6.42 Å². The Labute approximate surface area is 125 Å². The molecule has 0 amide bonds. The maximum absolute atomic E-state index is 5.83. The molecule has 2 heterocycles. The van der Waals surface area contributed by atoms with E-state index in [1.54, 1.807) is 0 Å². The molecule has 0 unspecified atom stereocenters. The number of imidazole rings is 1. The molecule has 2 aromatic heterocycles. The molecule has 3 aromatic rings. The molecular weight excluding hydrogens is 318 g/mol. The lowest BCUT2D eigenvalue weighted by molar-refractivity contribution is 0.318. The fourth-order valence-electron chi connectivity index (χ4n) is 2.08. The highest BCUT2D eigenvalue weighted by molar-refractivity contribution is 9.10. The van der Waals surface area contributed by atoms with Gasteiger partial charge in [0.25, 0.3) is 0 Å². The Bertz CT molecular complexity index is 725. The number of nitrogens with two attached hydrogens (primary N) is 1. The van der Waals surface area contributed by atoms with E-state index >= 15 is 0 Å². The third-order valence-corrected chi connectivity index (χ3v) is 3.61. The zero-order chi connectivity index (χ0) is 13.9. The van der Waals surface area contributed by atoms with E-state index in [-0.39, 0.29) is 0 Å². The molecule has 0 fully saturated rings. The second kappa shape index (κ2) is 5.54. The molecule has 2 N–H and O–H groups in total. The van der Waals surface area contributed by atoms with E-state index in [2.05, 4.69) is 20.9 Å². The van der Waals surface area contributed by atoms with Crippen LogP contribution in [0.4, 0.5) is 5.69 Å². The number of rotatable bonds is 4. The number of halogens is 1. The number of nitrogens with zero attached hydrogens (tertiary/aromatic N) is 2. The lowest BCUT2D eigenvalue weighted by Gasteiger charge is -2.05. The van der Waals surface area contributed by atoms with Gasteiger partial charge < -0.3 is 14.9 Å². The maximum Gasteiger partial charge on any atom is 0.132 e. The number of aromatic nitrogens is 2. The summed E-state index contributed by atoms with van der Waals surface area (Å²) in [5.74, 6) is 1.79. The summed E-state index contributed by atoms with van der Waals surface area (Å²) in [5, 5.41) is 0. The molecular formula is C15H14BrN3O. The molecule has 0 bridgehead atoms. The zero-order valence-electron chi connectivity index (χ0n) is 10.8. The van der Waals surface area contributed by atoms with Crippen molar-refractivity contribution in [3.05, 3.63) is 59.1 Å². The first kappa shape index (κ1) is 13.0. The van der Waals surface area contributed by atoms with Crippen LogP contribution in [-0.4, -0.2) is 16.0 Å². The molecule has 4 nitrogen and oxygen atoms in total. The minimum Gasteiger partial charge on any atom is -0.493 e. The van der Waals surface area contributed by atoms with Gasteiger partial charge in [-0.05, 0) is 40.2 Å². The molecule has 1 aromatic carbocycles. The molecule has 0 aliphatic heterocycles. The van der Waals surface area contributed by atoms with Gasteiger partial charge in [0.2, 0.25) is 0 Å². The summed E-state index contributed by atoms with van der Waals surface area (Å²) in [6.07, 6.45) is 2.59. The van der Waals surface area contributed by atoms with Crippen molar-refractivity contribution in [3.63, 3.8) is 0 Å². The summed E-state index contributed by atoms with van der Waals surface area (Å²) in [6.45, 7) is 0.574. The monoisotopic (exact) mass is 331 g/mol. The van der Waals surface area contributed by atoms with Crippen LogP contribution in [0, 0.1) is 0 Å². The van der Waals surface area contributed by atoms with Crippen molar-refractivity contribution in [2.24, 2.45) is 0 Å². The second-order valence-electron chi connectivity index (χ2n) is 4.45. The topological polar surface area (TPSA) is 52.5 Å². The van der Waals surface area contributed by atoms with Crippen LogP contribution in [0.3, 0.4) is 0 Å². The average Bonchev–Trinajstić information content (AvgIpc) is 2.76. The summed E-state index contributed by atoms with van der Waals surface area (Å²) in [6, 6.07) is 13.6. The number of hydrogen-bond acceptors (Lipinski definition) is 3. The SMILES string of the molecule is Nc1ccc2c(Br)nc(CCOc3ccccc3)n2c1. The zero-order valence-corrected chi connectivity index (χ0v) is 12.4. The average molecular weight is 332 g/mol. The van der Waals surface area contributed by atoms with Gasteiger partial charge in [-0.25, -0.2) is 4.98 Å². The van der Waals surface area contributed by atoms with Crippen LogP contribution >= 0.6 is 15.9 Å². The fraction of sp³-hybridized carbons (Fsp3) is 0.133. The number of fused-ring (bicyclic) bond motifs is 1. The molecule has 3 rings (SSSR count). The van der Waals surface area contributed by atoms with Gasteiger partial charge in [-0.3, -0.25) is 0 Å². The lowest BCUT2D eigenvalue weighted by Crippen LogP contribution is -2.05. The summed E-state index contributed by atoms with van der Waals surface area (Å²) in [7, 11) is 0. The van der Waals surface area contributed by atoms with Crippen molar-refractivity contribution in [3.8, 4) is 5.75 Å². The quantitative estimate of drug-likeness (QED) is 0.798. The van der Waals surface area contributed by atoms with E-state index in [9.17, 15) is 0 Å². The Kier molecular flexibility index (Phi) is 3.60. The second-order valence-corrected chi connectivity index (χ2v) is 5.20. The summed E-state index contributed by atoms with van der Waals surface area (Å²) < 4.78 is 8.52. The van der Waals surface area contributed by atoms with Gasteiger partial charge in [0.05, 0.1) is 12.1 Å². The predicted octanol–water partition coefficient (Wildman–Crippen LogP) is 3.30. The van der Waals surface area contributed by atoms with Crippen molar-refractivity contribution < 1.29 is 4.74 Å². The minimum absolute atomic E-state index is 0.574. The van der Waals surface area contributed by atoms with Crippen LogP contribution in [0.15, 0.2) is 53.3 Å². The van der Waals surface area contributed by atoms with Crippen LogP contribution < -0.4 is 10.5 Å². The van der Waals surface area contributed by atoms with Gasteiger partial charge >= 0.3 is 0 Å². The normalized spacial score (nSPS) is 10.8. The highest BCUT2D eigenvalue weighted by Gasteiger charge is 2.09. The Morgan fingerprint density at radius 2 is 1.95 bits per heavy atom. The number of benzene rings is 1. The van der Waals surface area contributed by atoms with Gasteiger partial charge in [0, 0.05) is 18.3 Å². The first-order valence-electron chi connectivity index (χ1n) is 6.34. The molecule has 0 atom stereocenters. The van der Waals surface area contributed by atoms with Crippen molar-refractivity contribution in [2.75, 3.05) is 12.3 Å². The molecule has 0 saturated carbocycles. The van der Waals surface area contributed by atoms with Crippen molar-refractivity contribution in [1.29, 1.82) is 0 Å². The number of anilines is 1. The molecule has 0 saturated heterocycles. The lowest BCUT2D eigenvalue weighted by atomic mass is 10.3. The molecule has 5 heteroatoms. The Hall–Kier alpha value is -2.01. The first-order chi connectivity index (χ1) is 9.74. The van der Waals surface area contributed by atoms with E-state index in [0.717, 1.165) is 21.7 Å². The number of ether oxygens (including phenoxy) is 1. The molecule has 102 valence electrons. The Balaban J connectivity index is 1.76. The van der Waals surface area contributed by atoms with Crippen molar-refractivity contribution in [1.82, 2.24) is 9.38 Å². The summed E-state index contributed by atoms with van der Waals surface area (Å²) >= 11 is 3.47. The third-order valence-electron chi connectivity index (χ3n) is 3.03. The number of hydrogen-bond donors (Lipinski definition) is 1. The maximum atomic E-state index is 5.83. The van der Waals surface area contributed by atoms with Gasteiger partial charge in [-0.2, -0.15) is 0 Å². The van der Waals surface area contributed by atoms with Crippen LogP contribution in [0.25, 0.3) is 5.52 Å². The third kappa shape index (κ3) is 2.63. The van der Waals surface area contributed by atoms with Gasteiger partial charge in [0.1, 0.15) is 16.2 Å². The van der Waals surface area contributed by atoms with E-state index in [1.165, 1.54) is 0 Å². The largest absolute Gasteiger partial charge is 0.493 e. The van der Waals surface area contributed by atoms with Gasteiger partial charge in [0.15, 0.2) is 0 Å². The number of pyridine rings is 1. The smallest absolute Gasteiger partial charge is 0.132 e. The number of para-hydroxylation sites is 1. The summed E-state index contributed by atoms with van der Waals surface area (Å²) in [5.41, 5.74) is 7.55. The molecule has 0 aliphatic rings. The highest BCUT2D eigenvalue weighted by atomic mass is 79.9. The summed E-state index contributed by atoms with van der Waals surface area (Å²) in [4.78, 5) is 4.51. The molecule has 0 radical (unpaired) electrons. The van der Waals surface area contributed by atoms with E-state index in [0.29, 0.717) is 18.7 Å². The molecule has 0 aliphatic carbocycles.